The normalized spacial score (nSPS) is 18.1. The molecule has 1 amide bonds. The first kappa shape index (κ1) is 20.9. The van der Waals surface area contributed by atoms with Gasteiger partial charge in [0.2, 0.25) is 0 Å². The van der Waals surface area contributed by atoms with E-state index in [0.717, 1.165) is 77.4 Å². The Labute approximate surface area is 167 Å². The molecule has 156 valence electrons. The van der Waals surface area contributed by atoms with Gasteiger partial charge >= 0.3 is 0 Å². The molecule has 0 spiro atoms. The molecule has 2 aliphatic heterocycles. The third-order valence-electron chi connectivity index (χ3n) is 5.33. The Hall–Kier alpha value is -1.83. The molecule has 1 N–H and O–H groups in total. The lowest BCUT2D eigenvalue weighted by Crippen LogP contribution is -2.40. The Bertz CT molecular complexity index is 614. The van der Waals surface area contributed by atoms with Gasteiger partial charge in [0.1, 0.15) is 0 Å². The average molecular weight is 392 g/mol. The van der Waals surface area contributed by atoms with E-state index in [0.29, 0.717) is 11.5 Å². The maximum atomic E-state index is 12.3. The Morgan fingerprint density at radius 2 is 1.89 bits per heavy atom. The first-order valence-corrected chi connectivity index (χ1v) is 10.3. The number of carbonyl (C=O) groups is 1. The lowest BCUT2D eigenvalue weighted by atomic mass is 10.1. The number of piperidine rings is 1. The van der Waals surface area contributed by atoms with E-state index in [1.165, 1.54) is 6.42 Å². The van der Waals surface area contributed by atoms with Crippen molar-refractivity contribution >= 4 is 5.91 Å². The fraction of sp³-hybridized carbons (Fsp3) is 0.667. The second-order valence-electron chi connectivity index (χ2n) is 7.35. The molecule has 2 fully saturated rings. The molecule has 3 rings (SSSR count). The number of hydrogen-bond acceptors (Lipinski definition) is 6. The molecule has 28 heavy (non-hydrogen) atoms. The highest BCUT2D eigenvalue weighted by Gasteiger charge is 2.17. The molecular formula is C21H33N3O4. The van der Waals surface area contributed by atoms with E-state index >= 15 is 0 Å². The number of likely N-dealkylation sites (tertiary alicyclic amines) is 1. The van der Waals surface area contributed by atoms with Crippen molar-refractivity contribution in [2.45, 2.75) is 25.8 Å². The largest absolute Gasteiger partial charge is 0.493 e. The summed E-state index contributed by atoms with van der Waals surface area (Å²) in [5.41, 5.74) is 1.13. The molecule has 2 heterocycles. The van der Waals surface area contributed by atoms with Crippen molar-refractivity contribution < 1.29 is 19.0 Å². The minimum atomic E-state index is 0.0515. The second kappa shape index (κ2) is 11.2. The highest BCUT2D eigenvalue weighted by molar-refractivity contribution is 5.78. The number of benzene rings is 1. The summed E-state index contributed by atoms with van der Waals surface area (Å²) < 4.78 is 16.6. The molecule has 0 aromatic heterocycles. The molecule has 1 aromatic rings. The summed E-state index contributed by atoms with van der Waals surface area (Å²) in [6.45, 7) is 8.17. The maximum Gasteiger partial charge on any atom is 0.260 e. The lowest BCUT2D eigenvalue weighted by Gasteiger charge is -2.26. The number of nitrogens with one attached hydrogen (secondary N) is 1. The van der Waals surface area contributed by atoms with Crippen LogP contribution < -0.4 is 14.8 Å². The van der Waals surface area contributed by atoms with Crippen molar-refractivity contribution in [3.63, 3.8) is 0 Å². The van der Waals surface area contributed by atoms with E-state index in [-0.39, 0.29) is 12.5 Å². The molecule has 2 saturated heterocycles. The quantitative estimate of drug-likeness (QED) is 0.644. The molecule has 0 saturated carbocycles. The van der Waals surface area contributed by atoms with Crippen molar-refractivity contribution in [3.8, 4) is 11.5 Å². The monoisotopic (exact) mass is 391 g/mol. The van der Waals surface area contributed by atoms with Crippen LogP contribution >= 0.6 is 0 Å². The highest BCUT2D eigenvalue weighted by Crippen LogP contribution is 2.28. The summed E-state index contributed by atoms with van der Waals surface area (Å²) in [5.74, 6) is 1.33. The van der Waals surface area contributed by atoms with Gasteiger partial charge in [0, 0.05) is 45.8 Å². The summed E-state index contributed by atoms with van der Waals surface area (Å²) >= 11 is 0. The third-order valence-corrected chi connectivity index (χ3v) is 5.33. The van der Waals surface area contributed by atoms with Gasteiger partial charge in [-0.25, -0.2) is 0 Å². The van der Waals surface area contributed by atoms with Gasteiger partial charge in [0.15, 0.2) is 18.1 Å². The molecule has 7 nitrogen and oxygen atoms in total. The van der Waals surface area contributed by atoms with Crippen molar-refractivity contribution in [2.24, 2.45) is 0 Å². The van der Waals surface area contributed by atoms with Crippen LogP contribution in [0.5, 0.6) is 11.5 Å². The number of hydrogen-bond donors (Lipinski definition) is 1. The predicted molar refractivity (Wildman–Crippen MR) is 108 cm³/mol. The van der Waals surface area contributed by atoms with Crippen LogP contribution in [0.15, 0.2) is 18.2 Å². The first-order chi connectivity index (χ1) is 13.8. The highest BCUT2D eigenvalue weighted by atomic mass is 16.5. The predicted octanol–water partition coefficient (Wildman–Crippen LogP) is 1.51. The first-order valence-electron chi connectivity index (χ1n) is 10.3. The molecule has 0 aliphatic carbocycles. The number of methoxy groups -OCH3 is 1. The molecule has 0 bridgehead atoms. The van der Waals surface area contributed by atoms with E-state index in [1.54, 1.807) is 7.11 Å². The molecule has 2 aliphatic rings. The van der Waals surface area contributed by atoms with Crippen LogP contribution in [-0.4, -0.2) is 81.9 Å². The van der Waals surface area contributed by atoms with Crippen LogP contribution in [0, 0.1) is 0 Å². The van der Waals surface area contributed by atoms with Gasteiger partial charge in [-0.15, -0.1) is 0 Å². The minimum Gasteiger partial charge on any atom is -0.493 e. The maximum absolute atomic E-state index is 12.3. The smallest absolute Gasteiger partial charge is 0.260 e. The third kappa shape index (κ3) is 6.36. The van der Waals surface area contributed by atoms with Crippen molar-refractivity contribution in [1.29, 1.82) is 0 Å². The van der Waals surface area contributed by atoms with E-state index in [4.69, 9.17) is 14.2 Å². The Morgan fingerprint density at radius 1 is 1.11 bits per heavy atom. The zero-order valence-corrected chi connectivity index (χ0v) is 17.0. The van der Waals surface area contributed by atoms with Gasteiger partial charge in [-0.2, -0.15) is 0 Å². The number of amides is 1. The van der Waals surface area contributed by atoms with E-state index in [2.05, 4.69) is 10.2 Å². The van der Waals surface area contributed by atoms with E-state index in [9.17, 15) is 4.79 Å². The summed E-state index contributed by atoms with van der Waals surface area (Å²) in [5, 5.41) is 3.47. The second-order valence-corrected chi connectivity index (χ2v) is 7.35. The van der Waals surface area contributed by atoms with Crippen LogP contribution in [-0.2, 0) is 16.1 Å². The van der Waals surface area contributed by atoms with Crippen molar-refractivity contribution in [1.82, 2.24) is 15.1 Å². The van der Waals surface area contributed by atoms with Crippen LogP contribution in [0.4, 0.5) is 0 Å². The number of ether oxygens (including phenoxy) is 3. The van der Waals surface area contributed by atoms with Gasteiger partial charge in [-0.1, -0.05) is 6.07 Å². The lowest BCUT2D eigenvalue weighted by molar-refractivity contribution is -0.134. The van der Waals surface area contributed by atoms with Crippen LogP contribution in [0.2, 0.25) is 0 Å². The van der Waals surface area contributed by atoms with Gasteiger partial charge in [-0.05, 0) is 37.0 Å². The summed E-state index contributed by atoms with van der Waals surface area (Å²) in [7, 11) is 1.63. The van der Waals surface area contributed by atoms with E-state index in [1.807, 2.05) is 23.1 Å². The standard InChI is InChI=1S/C21H33N3O4/c1-26-20-15-18(16-22-7-10-23-11-13-27-14-12-23)5-6-19(20)28-17-21(25)24-8-3-2-4-9-24/h5-6,15,22H,2-4,7-14,16-17H2,1H3. The fourth-order valence-electron chi connectivity index (χ4n) is 3.61. The van der Waals surface area contributed by atoms with E-state index < -0.39 is 0 Å². The molecule has 1 aromatic carbocycles. The van der Waals surface area contributed by atoms with Crippen LogP contribution in [0.3, 0.4) is 0 Å². The fourth-order valence-corrected chi connectivity index (χ4v) is 3.61. The van der Waals surface area contributed by atoms with Gasteiger partial charge < -0.3 is 24.4 Å². The molecule has 0 unspecified atom stereocenters. The zero-order valence-electron chi connectivity index (χ0n) is 17.0. The average Bonchev–Trinajstić information content (AvgIpc) is 2.76. The van der Waals surface area contributed by atoms with Crippen LogP contribution in [0.25, 0.3) is 0 Å². The molecule has 0 atom stereocenters. The SMILES string of the molecule is COc1cc(CNCCN2CCOCC2)ccc1OCC(=O)N1CCCCC1. The topological polar surface area (TPSA) is 63.3 Å². The number of nitrogens with zero attached hydrogens (tertiary/aromatic N) is 2. The Kier molecular flexibility index (Phi) is 8.39. The minimum absolute atomic E-state index is 0.0515. The molecular weight excluding hydrogens is 358 g/mol. The summed E-state index contributed by atoms with van der Waals surface area (Å²) in [6, 6.07) is 5.88. The van der Waals surface area contributed by atoms with Gasteiger partial charge in [0.25, 0.3) is 5.91 Å². The van der Waals surface area contributed by atoms with Gasteiger partial charge in [-0.3, -0.25) is 9.69 Å². The van der Waals surface area contributed by atoms with Crippen molar-refractivity contribution in [2.75, 3.05) is 66.2 Å². The summed E-state index contributed by atoms with van der Waals surface area (Å²) in [6.07, 6.45) is 3.38. The molecule has 7 heteroatoms. The Morgan fingerprint density at radius 3 is 2.64 bits per heavy atom. The number of rotatable bonds is 9. The number of carbonyl (C=O) groups excluding carboxylic acids is 1. The summed E-state index contributed by atoms with van der Waals surface area (Å²) in [4.78, 5) is 16.6. The van der Waals surface area contributed by atoms with Gasteiger partial charge in [0.05, 0.1) is 20.3 Å². The number of morpholine rings is 1. The zero-order chi connectivity index (χ0) is 19.6. The Balaban J connectivity index is 1.42. The molecule has 0 radical (unpaired) electrons. The van der Waals surface area contributed by atoms with Crippen molar-refractivity contribution in [3.05, 3.63) is 23.8 Å². The van der Waals surface area contributed by atoms with Crippen LogP contribution in [0.1, 0.15) is 24.8 Å².